The zero-order chi connectivity index (χ0) is 15.9. The van der Waals surface area contributed by atoms with Gasteiger partial charge in [-0.2, -0.15) is 22.8 Å². The summed E-state index contributed by atoms with van der Waals surface area (Å²) < 4.78 is 40.3. The van der Waals surface area contributed by atoms with Crippen molar-refractivity contribution in [2.24, 2.45) is 5.92 Å². The standard InChI is InChI=1S/C13H16F3NO3S/c1-2-12(18)5-3-10(4-6-12)11(9-17)19-20-21-8-7-13(14,15)16/h1,10-11,18H,3-8H2. The average molecular weight is 323 g/mol. The largest absolute Gasteiger partial charge is 0.389 e. The van der Waals surface area contributed by atoms with Gasteiger partial charge >= 0.3 is 6.18 Å². The minimum atomic E-state index is -4.24. The fourth-order valence-electron chi connectivity index (χ4n) is 2.03. The first-order valence-electron chi connectivity index (χ1n) is 6.41. The molecule has 0 aliphatic heterocycles. The molecule has 1 saturated carbocycles. The quantitative estimate of drug-likeness (QED) is 0.268. The molecule has 0 heterocycles. The van der Waals surface area contributed by atoms with E-state index in [1.54, 1.807) is 0 Å². The third-order valence-corrected chi connectivity index (χ3v) is 3.89. The minimum Gasteiger partial charge on any atom is -0.378 e. The van der Waals surface area contributed by atoms with Crippen molar-refractivity contribution in [1.82, 2.24) is 0 Å². The van der Waals surface area contributed by atoms with Crippen LogP contribution in [0.1, 0.15) is 32.1 Å². The van der Waals surface area contributed by atoms with E-state index in [9.17, 15) is 18.3 Å². The fourth-order valence-corrected chi connectivity index (χ4v) is 2.55. The van der Waals surface area contributed by atoms with Crippen molar-refractivity contribution in [1.29, 1.82) is 5.26 Å². The molecule has 0 bridgehead atoms. The lowest BCUT2D eigenvalue weighted by Crippen LogP contribution is -2.36. The van der Waals surface area contributed by atoms with Gasteiger partial charge < -0.3 is 5.11 Å². The van der Waals surface area contributed by atoms with E-state index in [0.29, 0.717) is 37.7 Å². The maximum Gasteiger partial charge on any atom is 0.389 e. The zero-order valence-electron chi connectivity index (χ0n) is 11.2. The molecular formula is C13H16F3NO3S. The lowest BCUT2D eigenvalue weighted by atomic mass is 9.77. The Morgan fingerprint density at radius 2 is 2.05 bits per heavy atom. The van der Waals surface area contributed by atoms with Crippen LogP contribution in [0, 0.1) is 29.6 Å². The van der Waals surface area contributed by atoms with Gasteiger partial charge in [-0.05, 0) is 25.7 Å². The summed E-state index contributed by atoms with van der Waals surface area (Å²) in [7, 11) is 0. The van der Waals surface area contributed by atoms with Crippen LogP contribution in [0.25, 0.3) is 0 Å². The van der Waals surface area contributed by atoms with Crippen LogP contribution in [0.2, 0.25) is 0 Å². The molecule has 1 unspecified atom stereocenters. The van der Waals surface area contributed by atoms with E-state index in [1.165, 1.54) is 0 Å². The van der Waals surface area contributed by atoms with Crippen LogP contribution in [0.5, 0.6) is 0 Å². The average Bonchev–Trinajstić information content (AvgIpc) is 2.43. The number of terminal acetylenes is 1. The molecule has 0 aromatic carbocycles. The van der Waals surface area contributed by atoms with Crippen LogP contribution in [0.3, 0.4) is 0 Å². The Kier molecular flexibility index (Phi) is 6.82. The summed E-state index contributed by atoms with van der Waals surface area (Å²) in [5.74, 6) is 1.86. The highest BCUT2D eigenvalue weighted by molar-refractivity contribution is 7.94. The number of alkyl halides is 3. The van der Waals surface area contributed by atoms with E-state index in [0.717, 1.165) is 0 Å². The van der Waals surface area contributed by atoms with Crippen LogP contribution in [0.4, 0.5) is 13.2 Å². The van der Waals surface area contributed by atoms with E-state index in [-0.39, 0.29) is 11.7 Å². The molecule has 1 N–H and O–H groups in total. The molecule has 21 heavy (non-hydrogen) atoms. The van der Waals surface area contributed by atoms with E-state index >= 15 is 0 Å². The lowest BCUT2D eigenvalue weighted by molar-refractivity contribution is -0.231. The predicted molar refractivity (Wildman–Crippen MR) is 70.4 cm³/mol. The summed E-state index contributed by atoms with van der Waals surface area (Å²) >= 11 is 0.517. The Morgan fingerprint density at radius 1 is 1.43 bits per heavy atom. The minimum absolute atomic E-state index is 0.160. The Balaban J connectivity index is 2.27. The van der Waals surface area contributed by atoms with Crippen molar-refractivity contribution < 1.29 is 27.5 Å². The summed E-state index contributed by atoms with van der Waals surface area (Å²) in [6, 6.07) is 1.91. The van der Waals surface area contributed by atoms with Crippen molar-refractivity contribution in [2.75, 3.05) is 5.75 Å². The van der Waals surface area contributed by atoms with Crippen molar-refractivity contribution in [3.63, 3.8) is 0 Å². The highest BCUT2D eigenvalue weighted by Gasteiger charge is 2.36. The number of rotatable bonds is 6. The van der Waals surface area contributed by atoms with Gasteiger partial charge in [0.25, 0.3) is 0 Å². The summed E-state index contributed by atoms with van der Waals surface area (Å²) in [4.78, 5) is 4.85. The zero-order valence-corrected chi connectivity index (χ0v) is 12.0. The monoisotopic (exact) mass is 323 g/mol. The SMILES string of the molecule is C#CC1(O)CCC(C(C#N)OOSCCC(F)(F)F)CC1. The van der Waals surface area contributed by atoms with Crippen LogP contribution in [-0.2, 0) is 9.22 Å². The van der Waals surface area contributed by atoms with Gasteiger partial charge in [-0.1, -0.05) is 5.92 Å². The Hall–Kier alpha value is -0.930. The Bertz CT molecular complexity index is 408. The van der Waals surface area contributed by atoms with Gasteiger partial charge in [0.05, 0.1) is 12.5 Å². The summed E-state index contributed by atoms with van der Waals surface area (Å²) in [6.45, 7) is 0. The van der Waals surface area contributed by atoms with E-state index < -0.39 is 24.3 Å². The van der Waals surface area contributed by atoms with Gasteiger partial charge in [0.15, 0.2) is 6.10 Å². The van der Waals surface area contributed by atoms with E-state index in [1.807, 2.05) is 6.07 Å². The van der Waals surface area contributed by atoms with Gasteiger partial charge in [-0.15, -0.1) is 6.42 Å². The maximum atomic E-state index is 11.9. The van der Waals surface area contributed by atoms with Crippen molar-refractivity contribution in [3.05, 3.63) is 0 Å². The first-order chi connectivity index (χ1) is 9.79. The molecule has 0 radical (unpaired) electrons. The van der Waals surface area contributed by atoms with Crippen LogP contribution >= 0.6 is 12.0 Å². The first kappa shape index (κ1) is 18.1. The predicted octanol–water partition coefficient (Wildman–Crippen LogP) is 2.98. The summed E-state index contributed by atoms with van der Waals surface area (Å²) in [5, 5.41) is 18.9. The smallest absolute Gasteiger partial charge is 0.378 e. The first-order valence-corrected chi connectivity index (χ1v) is 7.32. The molecule has 1 atom stereocenters. The van der Waals surface area contributed by atoms with Crippen molar-refractivity contribution >= 4 is 12.0 Å². The number of nitriles is 1. The van der Waals surface area contributed by atoms with Gasteiger partial charge in [0.1, 0.15) is 5.60 Å². The molecule has 118 valence electrons. The fraction of sp³-hybridized carbons (Fsp3) is 0.769. The van der Waals surface area contributed by atoms with Gasteiger partial charge in [0.2, 0.25) is 0 Å². The third-order valence-electron chi connectivity index (χ3n) is 3.34. The highest BCUT2D eigenvalue weighted by atomic mass is 32.2. The molecule has 0 aromatic heterocycles. The molecular weight excluding hydrogens is 307 g/mol. The number of hydrogen-bond acceptors (Lipinski definition) is 5. The van der Waals surface area contributed by atoms with Crippen molar-refractivity contribution in [2.45, 2.75) is 50.0 Å². The molecule has 1 aliphatic carbocycles. The number of hydrogen-bond donors (Lipinski definition) is 1. The second-order valence-corrected chi connectivity index (χ2v) is 5.69. The second kappa shape index (κ2) is 7.90. The number of nitrogens with zero attached hydrogens (tertiary/aromatic N) is 1. The molecule has 8 heteroatoms. The molecule has 4 nitrogen and oxygen atoms in total. The van der Waals surface area contributed by atoms with Gasteiger partial charge in [-0.25, -0.2) is 4.89 Å². The Morgan fingerprint density at radius 3 is 2.52 bits per heavy atom. The molecule has 1 rings (SSSR count). The van der Waals surface area contributed by atoms with Crippen LogP contribution < -0.4 is 0 Å². The summed E-state index contributed by atoms with van der Waals surface area (Å²) in [5.41, 5.74) is -1.14. The van der Waals surface area contributed by atoms with Crippen LogP contribution in [-0.4, -0.2) is 28.7 Å². The number of aliphatic hydroxyl groups is 1. The third kappa shape index (κ3) is 6.58. The molecule has 1 fully saturated rings. The highest BCUT2D eigenvalue weighted by Crippen LogP contribution is 2.34. The second-order valence-electron chi connectivity index (χ2n) is 4.91. The lowest BCUT2D eigenvalue weighted by Gasteiger charge is -2.33. The van der Waals surface area contributed by atoms with Crippen LogP contribution in [0.15, 0.2) is 0 Å². The molecule has 0 spiro atoms. The topological polar surface area (TPSA) is 62.5 Å². The maximum absolute atomic E-state index is 11.9. The summed E-state index contributed by atoms with van der Waals surface area (Å²) in [6.07, 6.45) is 0.816. The van der Waals surface area contributed by atoms with E-state index in [4.69, 9.17) is 16.6 Å². The normalized spacial score (nSPS) is 27.6. The van der Waals surface area contributed by atoms with Gasteiger partial charge in [-0.3, -0.25) is 0 Å². The number of halogens is 3. The molecule has 1 aliphatic rings. The molecule has 0 aromatic rings. The van der Waals surface area contributed by atoms with Crippen molar-refractivity contribution in [3.8, 4) is 18.4 Å². The van der Waals surface area contributed by atoms with Gasteiger partial charge in [0, 0.05) is 23.7 Å². The molecule has 0 saturated heterocycles. The van der Waals surface area contributed by atoms with E-state index in [2.05, 4.69) is 10.3 Å². The molecule has 0 amide bonds. The Labute approximate surface area is 125 Å².